The molecule has 0 aliphatic rings. The van der Waals surface area contributed by atoms with Crippen molar-refractivity contribution in [3.05, 3.63) is 5.82 Å². The molecule has 0 saturated carbocycles. The Morgan fingerprint density at radius 1 is 1.47 bits per heavy atom. The lowest BCUT2D eigenvalue weighted by molar-refractivity contribution is -0.128. The van der Waals surface area contributed by atoms with E-state index >= 15 is 0 Å². The molecule has 1 aromatic heterocycles. The molecule has 0 aliphatic heterocycles. The van der Waals surface area contributed by atoms with Crippen LogP contribution in [0.3, 0.4) is 0 Å². The van der Waals surface area contributed by atoms with Gasteiger partial charge in [0.2, 0.25) is 5.91 Å². The number of nitrogens with zero attached hydrogens (tertiary/aromatic N) is 3. The number of hydrogen-bond acceptors (Lipinski definition) is 5. The summed E-state index contributed by atoms with van der Waals surface area (Å²) in [6, 6.07) is 0.285. The fourth-order valence-corrected chi connectivity index (χ4v) is 1.21. The molecule has 1 amide bonds. The highest BCUT2D eigenvalue weighted by atomic mass is 16.5. The van der Waals surface area contributed by atoms with Gasteiger partial charge in [0.25, 0.3) is 0 Å². The quantitative estimate of drug-likeness (QED) is 0.776. The van der Waals surface area contributed by atoms with Crippen LogP contribution >= 0.6 is 0 Å². The minimum atomic E-state index is 0.0239. The summed E-state index contributed by atoms with van der Waals surface area (Å²) in [5, 5.41) is 6.39. The maximum absolute atomic E-state index is 11.6. The summed E-state index contributed by atoms with van der Waals surface area (Å²) in [6.07, 6.45) is 0. The van der Waals surface area contributed by atoms with Crippen LogP contribution in [0.15, 0.2) is 4.52 Å². The first-order valence-corrected chi connectivity index (χ1v) is 4.99. The van der Waals surface area contributed by atoms with Crippen molar-refractivity contribution in [2.75, 3.05) is 25.0 Å². The number of carbonyl (C=O) groups is 1. The second-order valence-corrected chi connectivity index (χ2v) is 3.07. The van der Waals surface area contributed by atoms with Gasteiger partial charge in [0.15, 0.2) is 5.82 Å². The second-order valence-electron chi connectivity index (χ2n) is 3.07. The molecule has 0 spiro atoms. The molecule has 0 radical (unpaired) electrons. The van der Waals surface area contributed by atoms with Crippen LogP contribution in [0.25, 0.3) is 0 Å². The van der Waals surface area contributed by atoms with Crippen molar-refractivity contribution in [3.8, 4) is 0 Å². The maximum atomic E-state index is 11.6. The highest BCUT2D eigenvalue weighted by molar-refractivity contribution is 5.80. The predicted octanol–water partition coefficient (Wildman–Crippen LogP) is 0.658. The summed E-state index contributed by atoms with van der Waals surface area (Å²) in [7, 11) is 0. The van der Waals surface area contributed by atoms with Gasteiger partial charge < -0.3 is 14.7 Å². The first-order chi connectivity index (χ1) is 7.17. The Morgan fingerprint density at radius 3 is 2.60 bits per heavy atom. The highest BCUT2D eigenvalue weighted by Crippen LogP contribution is 2.01. The monoisotopic (exact) mass is 212 g/mol. The molecule has 6 heteroatoms. The smallest absolute Gasteiger partial charge is 0.321 e. The van der Waals surface area contributed by atoms with E-state index in [0.29, 0.717) is 18.9 Å². The SMILES string of the molecule is CCN(CC)C(=O)CNc1nc(C)no1. The van der Waals surface area contributed by atoms with Gasteiger partial charge in [-0.2, -0.15) is 4.98 Å². The zero-order valence-corrected chi connectivity index (χ0v) is 9.28. The standard InChI is InChI=1S/C9H16N4O2/c1-4-13(5-2)8(14)6-10-9-11-7(3)12-15-9/h4-6H2,1-3H3,(H,10,11,12). The molecule has 0 saturated heterocycles. The van der Waals surface area contributed by atoms with Crippen LogP contribution in [0.4, 0.5) is 6.01 Å². The van der Waals surface area contributed by atoms with Crippen LogP contribution in [-0.2, 0) is 4.79 Å². The van der Waals surface area contributed by atoms with E-state index in [0.717, 1.165) is 0 Å². The lowest BCUT2D eigenvalue weighted by Crippen LogP contribution is -2.35. The summed E-state index contributed by atoms with van der Waals surface area (Å²) in [5.74, 6) is 0.573. The molecule has 6 nitrogen and oxygen atoms in total. The molecule has 0 aromatic carbocycles. The van der Waals surface area contributed by atoms with Crippen LogP contribution in [0.5, 0.6) is 0 Å². The molecule has 0 atom stereocenters. The minimum absolute atomic E-state index is 0.0239. The molecule has 0 bridgehead atoms. The van der Waals surface area contributed by atoms with Gasteiger partial charge in [-0.25, -0.2) is 0 Å². The molecule has 15 heavy (non-hydrogen) atoms. The van der Waals surface area contributed by atoms with E-state index in [-0.39, 0.29) is 18.5 Å². The molecule has 1 aromatic rings. The number of rotatable bonds is 5. The van der Waals surface area contributed by atoms with Gasteiger partial charge in [0, 0.05) is 13.1 Å². The van der Waals surface area contributed by atoms with Crippen molar-refractivity contribution >= 4 is 11.9 Å². The zero-order chi connectivity index (χ0) is 11.3. The summed E-state index contributed by atoms with van der Waals surface area (Å²) < 4.78 is 4.82. The molecule has 0 unspecified atom stereocenters. The van der Waals surface area contributed by atoms with Gasteiger partial charge in [0.1, 0.15) is 0 Å². The van der Waals surface area contributed by atoms with E-state index in [2.05, 4.69) is 15.5 Å². The normalized spacial score (nSPS) is 10.1. The number of amides is 1. The van der Waals surface area contributed by atoms with Gasteiger partial charge in [-0.3, -0.25) is 4.79 Å². The third-order valence-corrected chi connectivity index (χ3v) is 2.03. The van der Waals surface area contributed by atoms with Crippen LogP contribution < -0.4 is 5.32 Å². The number of likely N-dealkylation sites (N-methyl/N-ethyl adjacent to an activating group) is 1. The minimum Gasteiger partial charge on any atom is -0.342 e. The Bertz CT molecular complexity index is 320. The van der Waals surface area contributed by atoms with Crippen molar-refractivity contribution in [2.45, 2.75) is 20.8 Å². The Balaban J connectivity index is 2.40. The van der Waals surface area contributed by atoms with Crippen molar-refractivity contribution in [1.82, 2.24) is 15.0 Å². The number of anilines is 1. The van der Waals surface area contributed by atoms with Crippen molar-refractivity contribution < 1.29 is 9.32 Å². The summed E-state index contributed by atoms with van der Waals surface area (Å²) in [6.45, 7) is 7.21. The predicted molar refractivity (Wildman–Crippen MR) is 55.5 cm³/mol. The topological polar surface area (TPSA) is 71.3 Å². The lowest BCUT2D eigenvalue weighted by Gasteiger charge is -2.18. The Kier molecular flexibility index (Phi) is 4.08. The first kappa shape index (κ1) is 11.5. The van der Waals surface area contributed by atoms with Crippen molar-refractivity contribution in [2.24, 2.45) is 0 Å². The van der Waals surface area contributed by atoms with E-state index in [9.17, 15) is 4.79 Å². The average Bonchev–Trinajstić information content (AvgIpc) is 2.63. The second kappa shape index (κ2) is 5.33. The number of hydrogen-bond donors (Lipinski definition) is 1. The number of carbonyl (C=O) groups excluding carboxylic acids is 1. The molecule has 0 fully saturated rings. The maximum Gasteiger partial charge on any atom is 0.321 e. The van der Waals surface area contributed by atoms with Crippen LogP contribution in [0, 0.1) is 6.92 Å². The molecule has 1 heterocycles. The summed E-state index contributed by atoms with van der Waals surface area (Å²) in [4.78, 5) is 17.2. The number of nitrogens with one attached hydrogen (secondary N) is 1. The Morgan fingerprint density at radius 2 is 2.13 bits per heavy atom. The molecule has 0 aliphatic carbocycles. The van der Waals surface area contributed by atoms with E-state index < -0.39 is 0 Å². The third-order valence-electron chi connectivity index (χ3n) is 2.03. The van der Waals surface area contributed by atoms with Crippen molar-refractivity contribution in [3.63, 3.8) is 0 Å². The third kappa shape index (κ3) is 3.23. The number of aromatic nitrogens is 2. The average molecular weight is 212 g/mol. The highest BCUT2D eigenvalue weighted by Gasteiger charge is 2.10. The van der Waals surface area contributed by atoms with Gasteiger partial charge in [-0.05, 0) is 20.8 Å². The van der Waals surface area contributed by atoms with E-state index in [1.165, 1.54) is 0 Å². The molecule has 1 rings (SSSR count). The van der Waals surface area contributed by atoms with Gasteiger partial charge in [0.05, 0.1) is 6.54 Å². The van der Waals surface area contributed by atoms with Gasteiger partial charge in [-0.1, -0.05) is 5.16 Å². The fourth-order valence-electron chi connectivity index (χ4n) is 1.21. The molecule has 84 valence electrons. The summed E-state index contributed by atoms with van der Waals surface area (Å²) >= 11 is 0. The largest absolute Gasteiger partial charge is 0.342 e. The molecule has 1 N–H and O–H groups in total. The zero-order valence-electron chi connectivity index (χ0n) is 9.28. The van der Waals surface area contributed by atoms with Gasteiger partial charge >= 0.3 is 6.01 Å². The Labute approximate surface area is 88.6 Å². The van der Waals surface area contributed by atoms with E-state index in [1.807, 2.05) is 13.8 Å². The first-order valence-electron chi connectivity index (χ1n) is 4.99. The fraction of sp³-hybridized carbons (Fsp3) is 0.667. The van der Waals surface area contributed by atoms with E-state index in [1.54, 1.807) is 11.8 Å². The number of aryl methyl sites for hydroxylation is 1. The Hall–Kier alpha value is -1.59. The summed E-state index contributed by atoms with van der Waals surface area (Å²) in [5.41, 5.74) is 0. The molecular formula is C9H16N4O2. The van der Waals surface area contributed by atoms with Crippen LogP contribution in [0.1, 0.15) is 19.7 Å². The van der Waals surface area contributed by atoms with Crippen molar-refractivity contribution in [1.29, 1.82) is 0 Å². The van der Waals surface area contributed by atoms with E-state index in [4.69, 9.17) is 4.52 Å². The van der Waals surface area contributed by atoms with Crippen LogP contribution in [0.2, 0.25) is 0 Å². The molecular weight excluding hydrogens is 196 g/mol. The van der Waals surface area contributed by atoms with Gasteiger partial charge in [-0.15, -0.1) is 0 Å². The van der Waals surface area contributed by atoms with Crippen LogP contribution in [-0.4, -0.2) is 40.6 Å². The lowest BCUT2D eigenvalue weighted by atomic mass is 10.4.